The van der Waals surface area contributed by atoms with E-state index in [0.29, 0.717) is 0 Å². The Balaban J connectivity index is 1.55. The zero-order valence-corrected chi connectivity index (χ0v) is 11.0. The first-order valence-corrected chi connectivity index (χ1v) is 7.55. The minimum absolute atomic E-state index is 0.770. The first-order chi connectivity index (χ1) is 7.83. The predicted octanol–water partition coefficient (Wildman–Crippen LogP) is 3.72. The number of fused-ring (bicyclic) bond motifs is 1. The Morgan fingerprint density at radius 2 is 2.38 bits per heavy atom. The second-order valence-corrected chi connectivity index (χ2v) is 6.71. The summed E-state index contributed by atoms with van der Waals surface area (Å²) in [6.45, 7) is 1.26. The molecule has 2 fully saturated rings. The van der Waals surface area contributed by atoms with Gasteiger partial charge in [0.25, 0.3) is 0 Å². The molecule has 1 nitrogen and oxygen atoms in total. The summed E-state index contributed by atoms with van der Waals surface area (Å²) in [5.41, 5.74) is 1.42. The number of nitrogens with one attached hydrogen (secondary N) is 1. The highest BCUT2D eigenvalue weighted by molar-refractivity contribution is 7.14. The van der Waals surface area contributed by atoms with Crippen molar-refractivity contribution in [3.05, 3.63) is 21.3 Å². The molecule has 1 saturated carbocycles. The monoisotopic (exact) mass is 255 g/mol. The fourth-order valence-electron chi connectivity index (χ4n) is 3.42. The van der Waals surface area contributed by atoms with E-state index in [2.05, 4.69) is 16.8 Å². The molecule has 1 N–H and O–H groups in total. The molecule has 88 valence electrons. The molecule has 0 bridgehead atoms. The third kappa shape index (κ3) is 2.15. The summed E-state index contributed by atoms with van der Waals surface area (Å²) in [5.74, 6) is 1.95. The van der Waals surface area contributed by atoms with Gasteiger partial charge in [0.1, 0.15) is 0 Å². The molecule has 0 spiro atoms. The van der Waals surface area contributed by atoms with Crippen LogP contribution in [0.5, 0.6) is 0 Å². The Kier molecular flexibility index (Phi) is 3.23. The van der Waals surface area contributed by atoms with Gasteiger partial charge in [-0.15, -0.1) is 11.3 Å². The summed E-state index contributed by atoms with van der Waals surface area (Å²) in [6, 6.07) is 2.89. The fraction of sp³-hybridized carbons (Fsp3) is 0.692. The number of hydrogen-bond acceptors (Lipinski definition) is 2. The maximum absolute atomic E-state index is 5.95. The molecule has 0 amide bonds. The van der Waals surface area contributed by atoms with Gasteiger partial charge in [-0.1, -0.05) is 18.0 Å². The minimum Gasteiger partial charge on any atom is -0.313 e. The van der Waals surface area contributed by atoms with Gasteiger partial charge >= 0.3 is 0 Å². The molecule has 3 atom stereocenters. The van der Waals surface area contributed by atoms with Gasteiger partial charge in [0.15, 0.2) is 0 Å². The summed E-state index contributed by atoms with van der Waals surface area (Å²) >= 11 is 7.60. The lowest BCUT2D eigenvalue weighted by Gasteiger charge is -2.17. The van der Waals surface area contributed by atoms with Gasteiger partial charge in [0.2, 0.25) is 0 Å². The zero-order chi connectivity index (χ0) is 11.0. The van der Waals surface area contributed by atoms with Crippen molar-refractivity contribution >= 4 is 22.9 Å². The van der Waals surface area contributed by atoms with E-state index >= 15 is 0 Å². The molecule has 2 heterocycles. The van der Waals surface area contributed by atoms with Crippen LogP contribution in [0.3, 0.4) is 0 Å². The van der Waals surface area contributed by atoms with Gasteiger partial charge in [-0.2, -0.15) is 0 Å². The Labute approximate surface area is 106 Å². The van der Waals surface area contributed by atoms with Crippen LogP contribution in [-0.2, 0) is 6.42 Å². The molecule has 0 aromatic carbocycles. The normalized spacial score (nSPS) is 33.2. The molecular formula is C13H18ClNS. The van der Waals surface area contributed by atoms with Gasteiger partial charge in [-0.3, -0.25) is 0 Å². The van der Waals surface area contributed by atoms with Gasteiger partial charge in [0.05, 0.1) is 4.34 Å². The Hall–Kier alpha value is -0.0500. The molecule has 1 aromatic rings. The Bertz CT molecular complexity index is 363. The van der Waals surface area contributed by atoms with Crippen LogP contribution in [0.4, 0.5) is 0 Å². The summed E-state index contributed by atoms with van der Waals surface area (Å²) in [7, 11) is 0. The Morgan fingerprint density at radius 3 is 3.19 bits per heavy atom. The average Bonchev–Trinajstić information content (AvgIpc) is 2.91. The third-order valence-corrected chi connectivity index (χ3v) is 5.38. The van der Waals surface area contributed by atoms with E-state index < -0.39 is 0 Å². The van der Waals surface area contributed by atoms with Crippen LogP contribution < -0.4 is 5.32 Å². The van der Waals surface area contributed by atoms with Crippen LogP contribution in [-0.4, -0.2) is 12.6 Å². The summed E-state index contributed by atoms with van der Waals surface area (Å²) in [4.78, 5) is 0. The topological polar surface area (TPSA) is 12.0 Å². The molecule has 1 aromatic heterocycles. The van der Waals surface area contributed by atoms with Crippen molar-refractivity contribution in [1.82, 2.24) is 5.32 Å². The quantitative estimate of drug-likeness (QED) is 0.868. The first kappa shape index (κ1) is 11.1. The minimum atomic E-state index is 0.770. The van der Waals surface area contributed by atoms with Crippen LogP contribution in [0.15, 0.2) is 11.4 Å². The molecule has 1 saturated heterocycles. The average molecular weight is 256 g/mol. The highest BCUT2D eigenvalue weighted by Gasteiger charge is 2.38. The van der Waals surface area contributed by atoms with E-state index in [-0.39, 0.29) is 0 Å². The van der Waals surface area contributed by atoms with Crippen LogP contribution in [0.2, 0.25) is 4.34 Å². The van der Waals surface area contributed by atoms with Crippen molar-refractivity contribution in [2.75, 3.05) is 6.54 Å². The molecule has 3 rings (SSSR count). The van der Waals surface area contributed by atoms with Crippen molar-refractivity contribution < 1.29 is 0 Å². The Morgan fingerprint density at radius 1 is 1.44 bits per heavy atom. The number of halogens is 1. The largest absolute Gasteiger partial charge is 0.313 e. The predicted molar refractivity (Wildman–Crippen MR) is 70.3 cm³/mol. The maximum atomic E-state index is 5.95. The SMILES string of the molecule is Clc1cc(CCC2NCC3CCCC32)cs1. The number of aryl methyl sites for hydroxylation is 1. The third-order valence-electron chi connectivity index (χ3n) is 4.24. The van der Waals surface area contributed by atoms with E-state index in [9.17, 15) is 0 Å². The summed E-state index contributed by atoms with van der Waals surface area (Å²) in [6.07, 6.45) is 6.83. The maximum Gasteiger partial charge on any atom is 0.0931 e. The second-order valence-electron chi connectivity index (χ2n) is 5.17. The highest BCUT2D eigenvalue weighted by atomic mass is 35.5. The van der Waals surface area contributed by atoms with Gasteiger partial charge in [0, 0.05) is 6.04 Å². The summed E-state index contributed by atoms with van der Waals surface area (Å²) < 4.78 is 0.924. The zero-order valence-electron chi connectivity index (χ0n) is 9.42. The second kappa shape index (κ2) is 4.67. The number of rotatable bonds is 3. The van der Waals surface area contributed by atoms with E-state index in [1.807, 2.05) is 0 Å². The summed E-state index contributed by atoms with van der Waals surface area (Å²) in [5, 5.41) is 5.90. The smallest absolute Gasteiger partial charge is 0.0931 e. The molecule has 3 heteroatoms. The van der Waals surface area contributed by atoms with Crippen molar-refractivity contribution in [2.45, 2.75) is 38.1 Å². The lowest BCUT2D eigenvalue weighted by atomic mass is 9.91. The van der Waals surface area contributed by atoms with Crippen LogP contribution >= 0.6 is 22.9 Å². The molecule has 3 unspecified atom stereocenters. The molecule has 16 heavy (non-hydrogen) atoms. The lowest BCUT2D eigenvalue weighted by molar-refractivity contribution is 0.393. The van der Waals surface area contributed by atoms with Crippen LogP contribution in [0.1, 0.15) is 31.2 Å². The van der Waals surface area contributed by atoms with Crippen LogP contribution in [0.25, 0.3) is 0 Å². The van der Waals surface area contributed by atoms with Crippen molar-refractivity contribution in [3.8, 4) is 0 Å². The molecule has 2 aliphatic rings. The van der Waals surface area contributed by atoms with E-state index in [1.165, 1.54) is 44.2 Å². The lowest BCUT2D eigenvalue weighted by Crippen LogP contribution is -2.27. The number of thiophene rings is 1. The van der Waals surface area contributed by atoms with E-state index in [1.54, 1.807) is 11.3 Å². The molecule has 0 radical (unpaired) electrons. The fourth-order valence-corrected chi connectivity index (χ4v) is 4.36. The molecular weight excluding hydrogens is 238 g/mol. The van der Waals surface area contributed by atoms with E-state index in [4.69, 9.17) is 11.6 Å². The van der Waals surface area contributed by atoms with Crippen LogP contribution in [0, 0.1) is 11.8 Å². The molecule has 1 aliphatic carbocycles. The van der Waals surface area contributed by atoms with Crippen molar-refractivity contribution in [1.29, 1.82) is 0 Å². The van der Waals surface area contributed by atoms with Crippen molar-refractivity contribution in [3.63, 3.8) is 0 Å². The van der Waals surface area contributed by atoms with Gasteiger partial charge in [-0.25, -0.2) is 0 Å². The van der Waals surface area contributed by atoms with Crippen molar-refractivity contribution in [2.24, 2.45) is 11.8 Å². The first-order valence-electron chi connectivity index (χ1n) is 6.29. The number of hydrogen-bond donors (Lipinski definition) is 1. The van der Waals surface area contributed by atoms with Gasteiger partial charge < -0.3 is 5.32 Å². The van der Waals surface area contributed by atoms with E-state index in [0.717, 1.165) is 22.2 Å². The molecule has 1 aliphatic heterocycles. The highest BCUT2D eigenvalue weighted by Crippen LogP contribution is 2.39. The standard InChI is InChI=1S/C13H18ClNS/c14-13-6-9(8-16-13)4-5-12-11-3-1-2-10(11)7-15-12/h6,8,10-12,15H,1-5,7H2. The van der Waals surface area contributed by atoms with Gasteiger partial charge in [-0.05, 0) is 61.1 Å².